The van der Waals surface area contributed by atoms with Crippen LogP contribution in [0.4, 0.5) is 11.8 Å². The normalized spacial score (nSPS) is 17.2. The maximum absolute atomic E-state index is 12.8. The summed E-state index contributed by atoms with van der Waals surface area (Å²) >= 11 is 0. The van der Waals surface area contributed by atoms with Gasteiger partial charge in [-0.3, -0.25) is 4.79 Å². The average Bonchev–Trinajstić information content (AvgIpc) is 2.79. The summed E-state index contributed by atoms with van der Waals surface area (Å²) < 4.78 is 5.42. The molecule has 0 atom stereocenters. The van der Waals surface area contributed by atoms with Gasteiger partial charge in [0, 0.05) is 56.6 Å². The van der Waals surface area contributed by atoms with E-state index in [-0.39, 0.29) is 5.91 Å². The summed E-state index contributed by atoms with van der Waals surface area (Å²) in [5.41, 5.74) is 2.00. The van der Waals surface area contributed by atoms with Gasteiger partial charge in [-0.15, -0.1) is 0 Å². The van der Waals surface area contributed by atoms with E-state index in [2.05, 4.69) is 20.9 Å². The zero-order chi connectivity index (χ0) is 20.2. The fourth-order valence-electron chi connectivity index (χ4n) is 3.65. The van der Waals surface area contributed by atoms with Crippen LogP contribution in [0.1, 0.15) is 21.6 Å². The number of ether oxygens (including phenoxy) is 1. The summed E-state index contributed by atoms with van der Waals surface area (Å²) in [4.78, 5) is 28.3. The van der Waals surface area contributed by atoms with Gasteiger partial charge in [0.15, 0.2) is 0 Å². The lowest BCUT2D eigenvalue weighted by Crippen LogP contribution is -2.49. The van der Waals surface area contributed by atoms with Gasteiger partial charge >= 0.3 is 0 Å². The van der Waals surface area contributed by atoms with E-state index in [0.717, 1.165) is 30.5 Å². The van der Waals surface area contributed by atoms with Gasteiger partial charge in [-0.2, -0.15) is 10.2 Å². The van der Waals surface area contributed by atoms with E-state index in [1.165, 1.54) is 0 Å². The Labute approximate surface area is 170 Å². The first-order valence-corrected chi connectivity index (χ1v) is 9.87. The number of piperazine rings is 1. The van der Waals surface area contributed by atoms with Crippen molar-refractivity contribution in [1.82, 2.24) is 14.9 Å². The second-order valence-electron chi connectivity index (χ2n) is 7.24. The number of carbonyl (C=O) groups excluding carboxylic acids is 1. The van der Waals surface area contributed by atoms with Crippen molar-refractivity contribution in [3.63, 3.8) is 0 Å². The van der Waals surface area contributed by atoms with Crippen molar-refractivity contribution < 1.29 is 9.53 Å². The van der Waals surface area contributed by atoms with E-state index in [1.54, 1.807) is 24.3 Å². The van der Waals surface area contributed by atoms with Gasteiger partial charge in [0.2, 0.25) is 5.95 Å². The average molecular weight is 392 g/mol. The molecule has 0 unspecified atom stereocenters. The lowest BCUT2D eigenvalue weighted by atomic mass is 10.1. The molecular weight excluding hydrogens is 368 g/mol. The number of amides is 1. The molecule has 0 N–H and O–H groups in total. The Hall–Kier alpha value is -3.18. The highest BCUT2D eigenvalue weighted by Gasteiger charge is 2.24. The van der Waals surface area contributed by atoms with Gasteiger partial charge in [0.1, 0.15) is 5.82 Å². The molecule has 0 radical (unpaired) electrons. The summed E-state index contributed by atoms with van der Waals surface area (Å²) in [6, 6.07) is 11.0. The number of hydrogen-bond donors (Lipinski definition) is 0. The molecule has 8 nitrogen and oxygen atoms in total. The molecule has 1 aromatic carbocycles. The van der Waals surface area contributed by atoms with Crippen molar-refractivity contribution >= 4 is 17.7 Å². The van der Waals surface area contributed by atoms with Gasteiger partial charge in [0.25, 0.3) is 5.91 Å². The Morgan fingerprint density at radius 2 is 1.79 bits per heavy atom. The van der Waals surface area contributed by atoms with Crippen LogP contribution in [0.2, 0.25) is 0 Å². The quantitative estimate of drug-likeness (QED) is 0.782. The van der Waals surface area contributed by atoms with Crippen LogP contribution < -0.4 is 9.80 Å². The summed E-state index contributed by atoms with van der Waals surface area (Å²) in [6.45, 7) is 7.63. The molecular formula is C21H24N6O2. The first-order valence-electron chi connectivity index (χ1n) is 9.87. The number of aromatic nitrogens is 2. The predicted molar refractivity (Wildman–Crippen MR) is 109 cm³/mol. The molecule has 150 valence electrons. The van der Waals surface area contributed by atoms with Crippen LogP contribution in [0, 0.1) is 18.3 Å². The van der Waals surface area contributed by atoms with Gasteiger partial charge < -0.3 is 19.4 Å². The minimum atomic E-state index is -0.0328. The number of morpholine rings is 1. The lowest BCUT2D eigenvalue weighted by Gasteiger charge is -2.36. The highest BCUT2D eigenvalue weighted by atomic mass is 16.5. The number of nitriles is 1. The number of aryl methyl sites for hydroxylation is 1. The van der Waals surface area contributed by atoms with Crippen LogP contribution in [0.3, 0.4) is 0 Å². The molecule has 2 aromatic rings. The molecule has 1 amide bonds. The van der Waals surface area contributed by atoms with E-state index in [4.69, 9.17) is 15.0 Å². The molecule has 2 aliphatic rings. The third-order valence-corrected chi connectivity index (χ3v) is 5.25. The first-order chi connectivity index (χ1) is 14.1. The standard InChI is InChI=1S/C21H24N6O2/c1-16-13-19(24-21(23-16)27-9-11-29-12-10-27)25-5-7-26(8-6-25)20(28)18-4-2-3-17(14-18)15-22/h2-4,13-14H,5-12H2,1H3. The van der Waals surface area contributed by atoms with Crippen LogP contribution in [-0.2, 0) is 4.74 Å². The third kappa shape index (κ3) is 4.30. The topological polar surface area (TPSA) is 85.6 Å². The number of benzene rings is 1. The molecule has 29 heavy (non-hydrogen) atoms. The zero-order valence-electron chi connectivity index (χ0n) is 16.5. The molecule has 0 aliphatic carbocycles. The largest absolute Gasteiger partial charge is 0.378 e. The number of nitrogens with zero attached hydrogens (tertiary/aromatic N) is 6. The minimum Gasteiger partial charge on any atom is -0.378 e. The number of hydrogen-bond acceptors (Lipinski definition) is 7. The van der Waals surface area contributed by atoms with E-state index in [1.807, 2.05) is 17.9 Å². The van der Waals surface area contributed by atoms with Crippen molar-refractivity contribution in [2.24, 2.45) is 0 Å². The Balaban J connectivity index is 1.43. The number of carbonyl (C=O) groups is 1. The molecule has 4 rings (SSSR count). The van der Waals surface area contributed by atoms with Crippen LogP contribution in [0.25, 0.3) is 0 Å². The van der Waals surface area contributed by atoms with Crippen molar-refractivity contribution in [3.05, 3.63) is 47.2 Å². The van der Waals surface area contributed by atoms with E-state index in [0.29, 0.717) is 50.5 Å². The van der Waals surface area contributed by atoms with Gasteiger partial charge in [0.05, 0.1) is 24.8 Å². The Kier molecular flexibility index (Phi) is 5.58. The Morgan fingerprint density at radius 1 is 1.03 bits per heavy atom. The maximum Gasteiger partial charge on any atom is 0.254 e. The number of anilines is 2. The van der Waals surface area contributed by atoms with Crippen molar-refractivity contribution in [3.8, 4) is 6.07 Å². The lowest BCUT2D eigenvalue weighted by molar-refractivity contribution is 0.0746. The second kappa shape index (κ2) is 8.45. The molecule has 0 spiro atoms. The van der Waals surface area contributed by atoms with Crippen LogP contribution in [-0.4, -0.2) is 73.3 Å². The smallest absolute Gasteiger partial charge is 0.254 e. The van der Waals surface area contributed by atoms with Gasteiger partial charge in [-0.05, 0) is 25.1 Å². The van der Waals surface area contributed by atoms with Crippen LogP contribution in [0.15, 0.2) is 30.3 Å². The third-order valence-electron chi connectivity index (χ3n) is 5.25. The molecule has 2 aliphatic heterocycles. The molecule has 0 bridgehead atoms. The summed E-state index contributed by atoms with van der Waals surface area (Å²) in [5, 5.41) is 9.05. The Morgan fingerprint density at radius 3 is 2.52 bits per heavy atom. The summed E-state index contributed by atoms with van der Waals surface area (Å²) in [5.74, 6) is 1.61. The fourth-order valence-corrected chi connectivity index (χ4v) is 3.65. The fraction of sp³-hybridized carbons (Fsp3) is 0.429. The van der Waals surface area contributed by atoms with E-state index < -0.39 is 0 Å². The van der Waals surface area contributed by atoms with E-state index >= 15 is 0 Å². The van der Waals surface area contributed by atoms with Crippen molar-refractivity contribution in [1.29, 1.82) is 5.26 Å². The first kappa shape index (κ1) is 19.2. The summed E-state index contributed by atoms with van der Waals surface area (Å²) in [6.07, 6.45) is 0. The molecule has 3 heterocycles. The van der Waals surface area contributed by atoms with Gasteiger partial charge in [-0.25, -0.2) is 4.98 Å². The van der Waals surface area contributed by atoms with Crippen LogP contribution >= 0.6 is 0 Å². The maximum atomic E-state index is 12.8. The Bertz CT molecular complexity index is 927. The molecule has 2 fully saturated rings. The predicted octanol–water partition coefficient (Wildman–Crippen LogP) is 1.46. The monoisotopic (exact) mass is 392 g/mol. The van der Waals surface area contributed by atoms with Crippen molar-refractivity contribution in [2.75, 3.05) is 62.3 Å². The minimum absolute atomic E-state index is 0.0328. The highest BCUT2D eigenvalue weighted by Crippen LogP contribution is 2.20. The molecule has 2 saturated heterocycles. The summed E-state index contributed by atoms with van der Waals surface area (Å²) in [7, 11) is 0. The van der Waals surface area contributed by atoms with E-state index in [9.17, 15) is 4.79 Å². The molecule has 8 heteroatoms. The van der Waals surface area contributed by atoms with Gasteiger partial charge in [-0.1, -0.05) is 6.07 Å². The highest BCUT2D eigenvalue weighted by molar-refractivity contribution is 5.94. The number of rotatable bonds is 3. The SMILES string of the molecule is Cc1cc(N2CCN(C(=O)c3cccc(C#N)c3)CC2)nc(N2CCOCC2)n1. The second-order valence-corrected chi connectivity index (χ2v) is 7.24. The van der Waals surface area contributed by atoms with Crippen molar-refractivity contribution in [2.45, 2.75) is 6.92 Å². The zero-order valence-corrected chi connectivity index (χ0v) is 16.5. The van der Waals surface area contributed by atoms with Crippen LogP contribution in [0.5, 0.6) is 0 Å². The molecule has 0 saturated carbocycles. The molecule has 1 aromatic heterocycles.